The van der Waals surface area contributed by atoms with E-state index in [1.54, 1.807) is 7.05 Å². The summed E-state index contributed by atoms with van der Waals surface area (Å²) in [6.07, 6.45) is 3.49. The first kappa shape index (κ1) is 10.3. The van der Waals surface area contributed by atoms with Crippen LogP contribution in [0.15, 0.2) is 0 Å². The van der Waals surface area contributed by atoms with Crippen molar-refractivity contribution in [3.8, 4) is 0 Å². The number of hydrogen-bond acceptors (Lipinski definition) is 2. The van der Waals surface area contributed by atoms with Gasteiger partial charge in [-0.05, 0) is 26.3 Å². The van der Waals surface area contributed by atoms with Crippen molar-refractivity contribution >= 4 is 6.03 Å². The minimum absolute atomic E-state index is 0.0555. The molecule has 1 rings (SSSR count). The molecule has 1 unspecified atom stereocenters. The van der Waals surface area contributed by atoms with E-state index in [2.05, 4.69) is 10.6 Å². The lowest BCUT2D eigenvalue weighted by molar-refractivity contribution is 0.152. The summed E-state index contributed by atoms with van der Waals surface area (Å²) >= 11 is 0. The van der Waals surface area contributed by atoms with Gasteiger partial charge in [0.25, 0.3) is 0 Å². The molecule has 4 heteroatoms. The molecule has 0 saturated carbocycles. The van der Waals surface area contributed by atoms with Crippen LogP contribution >= 0.6 is 0 Å². The van der Waals surface area contributed by atoms with Crippen LogP contribution in [-0.2, 0) is 0 Å². The second-order valence-electron chi connectivity index (χ2n) is 3.46. The van der Waals surface area contributed by atoms with Gasteiger partial charge in [-0.1, -0.05) is 0 Å². The number of nitrogens with zero attached hydrogens (tertiary/aromatic N) is 1. The van der Waals surface area contributed by atoms with E-state index in [0.717, 1.165) is 25.9 Å². The van der Waals surface area contributed by atoms with Crippen LogP contribution in [0.1, 0.15) is 19.3 Å². The summed E-state index contributed by atoms with van der Waals surface area (Å²) in [7, 11) is 3.62. The number of urea groups is 1. The molecule has 0 spiro atoms. The lowest BCUT2D eigenvalue weighted by Crippen LogP contribution is -2.51. The second-order valence-corrected chi connectivity index (χ2v) is 3.46. The zero-order valence-corrected chi connectivity index (χ0v) is 8.47. The minimum Gasteiger partial charge on any atom is -0.341 e. The number of carbonyl (C=O) groups excluding carboxylic acids is 1. The first-order chi connectivity index (χ1) is 6.29. The lowest BCUT2D eigenvalue weighted by Gasteiger charge is -2.35. The van der Waals surface area contributed by atoms with Gasteiger partial charge in [0.1, 0.15) is 0 Å². The Morgan fingerprint density at radius 2 is 2.23 bits per heavy atom. The number of likely N-dealkylation sites (tertiary alicyclic amines) is 1. The molecular weight excluding hydrogens is 166 g/mol. The van der Waals surface area contributed by atoms with Crippen LogP contribution < -0.4 is 10.6 Å². The van der Waals surface area contributed by atoms with Crippen LogP contribution in [0.2, 0.25) is 0 Å². The third-order valence-electron chi connectivity index (χ3n) is 2.54. The van der Waals surface area contributed by atoms with Crippen LogP contribution in [0.3, 0.4) is 0 Å². The maximum absolute atomic E-state index is 11.4. The number of carbonyl (C=O) groups is 1. The van der Waals surface area contributed by atoms with E-state index >= 15 is 0 Å². The van der Waals surface area contributed by atoms with Gasteiger partial charge in [0.15, 0.2) is 0 Å². The summed E-state index contributed by atoms with van der Waals surface area (Å²) < 4.78 is 0. The molecule has 1 saturated heterocycles. The molecule has 0 aliphatic carbocycles. The highest BCUT2D eigenvalue weighted by molar-refractivity contribution is 5.74. The van der Waals surface area contributed by atoms with Crippen molar-refractivity contribution in [2.24, 2.45) is 0 Å². The van der Waals surface area contributed by atoms with Crippen LogP contribution in [0.25, 0.3) is 0 Å². The average molecular weight is 185 g/mol. The number of hydrogen-bond donors (Lipinski definition) is 2. The van der Waals surface area contributed by atoms with E-state index in [9.17, 15) is 4.79 Å². The Morgan fingerprint density at radius 1 is 1.46 bits per heavy atom. The predicted molar refractivity (Wildman–Crippen MR) is 52.7 cm³/mol. The van der Waals surface area contributed by atoms with E-state index in [1.807, 2.05) is 11.9 Å². The molecule has 76 valence electrons. The van der Waals surface area contributed by atoms with E-state index < -0.39 is 0 Å². The average Bonchev–Trinajstić information content (AvgIpc) is 2.18. The van der Waals surface area contributed by atoms with Gasteiger partial charge >= 0.3 is 6.03 Å². The molecule has 1 aliphatic rings. The van der Waals surface area contributed by atoms with Crippen molar-refractivity contribution in [3.63, 3.8) is 0 Å². The molecule has 0 aromatic rings. The Hall–Kier alpha value is -0.770. The molecule has 0 aromatic carbocycles. The van der Waals surface area contributed by atoms with Crippen molar-refractivity contribution in [3.05, 3.63) is 0 Å². The monoisotopic (exact) mass is 185 g/mol. The first-order valence-electron chi connectivity index (χ1n) is 4.92. The highest BCUT2D eigenvalue weighted by Crippen LogP contribution is 2.16. The fraction of sp³-hybridized carbons (Fsp3) is 0.889. The molecule has 1 fully saturated rings. The van der Waals surface area contributed by atoms with Crippen molar-refractivity contribution in [2.45, 2.75) is 25.3 Å². The van der Waals surface area contributed by atoms with Crippen LogP contribution in [0.5, 0.6) is 0 Å². The highest BCUT2D eigenvalue weighted by Gasteiger charge is 2.24. The fourth-order valence-corrected chi connectivity index (χ4v) is 1.86. The number of nitrogens with one attached hydrogen (secondary N) is 2. The second kappa shape index (κ2) is 5.07. The summed E-state index contributed by atoms with van der Waals surface area (Å²) in [5.41, 5.74) is 0. The smallest absolute Gasteiger partial charge is 0.317 e. The zero-order chi connectivity index (χ0) is 9.68. The summed E-state index contributed by atoms with van der Waals surface area (Å²) in [4.78, 5) is 13.4. The molecule has 13 heavy (non-hydrogen) atoms. The Morgan fingerprint density at radius 3 is 2.85 bits per heavy atom. The number of likely N-dealkylation sites (N-methyl/N-ethyl adjacent to an activating group) is 1. The SMILES string of the molecule is CNCC1CCCCN1C(=O)NC. The molecule has 0 aromatic heterocycles. The summed E-state index contributed by atoms with van der Waals surface area (Å²) in [5.74, 6) is 0. The normalized spacial score (nSPS) is 22.9. The van der Waals surface area contributed by atoms with Gasteiger partial charge in [-0.25, -0.2) is 4.79 Å². The van der Waals surface area contributed by atoms with Crippen molar-refractivity contribution in [1.82, 2.24) is 15.5 Å². The molecule has 4 nitrogen and oxygen atoms in total. The molecule has 2 amide bonds. The first-order valence-corrected chi connectivity index (χ1v) is 4.92. The van der Waals surface area contributed by atoms with Gasteiger partial charge in [0.2, 0.25) is 0 Å². The van der Waals surface area contributed by atoms with E-state index in [0.29, 0.717) is 6.04 Å². The van der Waals surface area contributed by atoms with Gasteiger partial charge in [0.05, 0.1) is 0 Å². The van der Waals surface area contributed by atoms with E-state index in [1.165, 1.54) is 6.42 Å². The molecule has 2 N–H and O–H groups in total. The van der Waals surface area contributed by atoms with Gasteiger partial charge in [-0.2, -0.15) is 0 Å². The van der Waals surface area contributed by atoms with Crippen molar-refractivity contribution in [2.75, 3.05) is 27.2 Å². The molecule has 1 aliphatic heterocycles. The van der Waals surface area contributed by atoms with E-state index in [4.69, 9.17) is 0 Å². The van der Waals surface area contributed by atoms with Gasteiger partial charge < -0.3 is 15.5 Å². The Labute approximate surface area is 79.7 Å². The van der Waals surface area contributed by atoms with Gasteiger partial charge in [-0.3, -0.25) is 0 Å². The topological polar surface area (TPSA) is 44.4 Å². The van der Waals surface area contributed by atoms with Crippen LogP contribution in [-0.4, -0.2) is 44.2 Å². The Bertz CT molecular complexity index is 170. The van der Waals surface area contributed by atoms with Gasteiger partial charge in [0, 0.05) is 26.2 Å². The Balaban J connectivity index is 2.50. The van der Waals surface area contributed by atoms with Crippen LogP contribution in [0, 0.1) is 0 Å². The predicted octanol–water partition coefficient (Wildman–Crippen LogP) is 0.400. The maximum atomic E-state index is 11.4. The lowest BCUT2D eigenvalue weighted by atomic mass is 10.0. The van der Waals surface area contributed by atoms with Crippen molar-refractivity contribution < 1.29 is 4.79 Å². The highest BCUT2D eigenvalue weighted by atomic mass is 16.2. The third-order valence-corrected chi connectivity index (χ3v) is 2.54. The summed E-state index contributed by atoms with van der Waals surface area (Å²) in [6, 6.07) is 0.429. The summed E-state index contributed by atoms with van der Waals surface area (Å²) in [6.45, 7) is 1.79. The largest absolute Gasteiger partial charge is 0.341 e. The number of piperidine rings is 1. The standard InChI is InChI=1S/C9H19N3O/c1-10-7-8-5-3-4-6-12(8)9(13)11-2/h8,10H,3-7H2,1-2H3,(H,11,13). The minimum atomic E-state index is 0.0555. The molecular formula is C9H19N3O. The van der Waals surface area contributed by atoms with Crippen LogP contribution in [0.4, 0.5) is 4.79 Å². The third kappa shape index (κ3) is 2.59. The zero-order valence-electron chi connectivity index (χ0n) is 8.47. The Kier molecular flexibility index (Phi) is 4.02. The van der Waals surface area contributed by atoms with Crippen molar-refractivity contribution in [1.29, 1.82) is 0 Å². The molecule has 0 radical (unpaired) electrons. The molecule has 0 bridgehead atoms. The quantitative estimate of drug-likeness (QED) is 0.654. The van der Waals surface area contributed by atoms with E-state index in [-0.39, 0.29) is 6.03 Å². The fourth-order valence-electron chi connectivity index (χ4n) is 1.86. The number of amides is 2. The molecule has 1 heterocycles. The van der Waals surface area contributed by atoms with Gasteiger partial charge in [-0.15, -0.1) is 0 Å². The maximum Gasteiger partial charge on any atom is 0.317 e. The molecule has 1 atom stereocenters. The number of rotatable bonds is 2. The summed E-state index contributed by atoms with van der Waals surface area (Å²) in [5, 5.41) is 5.81.